The Morgan fingerprint density at radius 3 is 2.85 bits per heavy atom. The van der Waals surface area contributed by atoms with Crippen molar-refractivity contribution in [3.63, 3.8) is 0 Å². The molecule has 2 aromatic rings. The number of anilines is 1. The lowest BCUT2D eigenvalue weighted by Gasteiger charge is -2.28. The number of amides is 1. The molecule has 3 rings (SSSR count). The molecular weight excluding hydrogens is 331 g/mol. The summed E-state index contributed by atoms with van der Waals surface area (Å²) >= 11 is 0. The van der Waals surface area contributed by atoms with E-state index in [1.54, 1.807) is 16.8 Å². The number of rotatable bonds is 5. The molecule has 1 aliphatic rings. The molecule has 140 valence electrons. The van der Waals surface area contributed by atoms with Crippen LogP contribution in [0.4, 0.5) is 10.1 Å². The minimum atomic E-state index is -0.404. The minimum Gasteiger partial charge on any atom is -0.326 e. The number of nitrogens with one attached hydrogen (secondary N) is 2. The van der Waals surface area contributed by atoms with Crippen LogP contribution >= 0.6 is 0 Å². The van der Waals surface area contributed by atoms with Crippen LogP contribution in [0.3, 0.4) is 0 Å². The third-order valence-corrected chi connectivity index (χ3v) is 5.12. The van der Waals surface area contributed by atoms with E-state index in [0.717, 1.165) is 37.3 Å². The number of nitrogens with zero attached hydrogens (tertiary/aromatic N) is 2. The third kappa shape index (κ3) is 4.30. The van der Waals surface area contributed by atoms with Gasteiger partial charge in [-0.3, -0.25) is 4.79 Å². The molecule has 0 radical (unpaired) electrons. The molecule has 2 N–H and O–H groups in total. The smallest absolute Gasteiger partial charge is 0.224 e. The summed E-state index contributed by atoms with van der Waals surface area (Å²) < 4.78 is 16.1. The lowest BCUT2D eigenvalue weighted by Crippen LogP contribution is -2.34. The molecule has 5 nitrogen and oxygen atoms in total. The van der Waals surface area contributed by atoms with Gasteiger partial charge >= 0.3 is 0 Å². The average Bonchev–Trinajstić information content (AvgIpc) is 2.93. The third-order valence-electron chi connectivity index (χ3n) is 5.12. The standard InChI is InChI=1S/C20H27FN4O/c1-13(16-5-4-8-22-12-16)9-20(26)23-17-6-7-19(18(21)11-17)25-15(3)10-14(2)24-25/h6-7,10-11,13,16,22H,4-5,8-9,12H2,1-3H3,(H,23,26). The molecule has 1 aliphatic heterocycles. The summed E-state index contributed by atoms with van der Waals surface area (Å²) in [5.74, 6) is 0.362. The van der Waals surface area contributed by atoms with Gasteiger partial charge in [0.2, 0.25) is 5.91 Å². The number of halogens is 1. The maximum absolute atomic E-state index is 14.5. The molecule has 2 unspecified atom stereocenters. The van der Waals surface area contributed by atoms with Crippen LogP contribution in [0.1, 0.15) is 37.6 Å². The Balaban J connectivity index is 1.64. The fourth-order valence-electron chi connectivity index (χ4n) is 3.66. The zero-order valence-corrected chi connectivity index (χ0v) is 15.7. The molecule has 2 atom stereocenters. The zero-order chi connectivity index (χ0) is 18.7. The van der Waals surface area contributed by atoms with Gasteiger partial charge in [-0.1, -0.05) is 6.92 Å². The molecule has 2 heterocycles. The topological polar surface area (TPSA) is 59.0 Å². The second kappa shape index (κ2) is 7.99. The maximum atomic E-state index is 14.5. The van der Waals surface area contributed by atoms with E-state index in [9.17, 15) is 9.18 Å². The van der Waals surface area contributed by atoms with Gasteiger partial charge < -0.3 is 10.6 Å². The Hall–Kier alpha value is -2.21. The molecule has 0 spiro atoms. The molecule has 0 saturated carbocycles. The van der Waals surface area contributed by atoms with Crippen molar-refractivity contribution in [1.82, 2.24) is 15.1 Å². The normalized spacial score (nSPS) is 18.5. The van der Waals surface area contributed by atoms with E-state index in [1.807, 2.05) is 19.9 Å². The number of carbonyl (C=O) groups is 1. The summed E-state index contributed by atoms with van der Waals surface area (Å²) in [7, 11) is 0. The summed E-state index contributed by atoms with van der Waals surface area (Å²) in [6, 6.07) is 6.63. The maximum Gasteiger partial charge on any atom is 0.224 e. The number of aromatic nitrogens is 2. The van der Waals surface area contributed by atoms with Crippen LogP contribution in [-0.2, 0) is 4.79 Å². The van der Waals surface area contributed by atoms with Crippen LogP contribution in [0.5, 0.6) is 0 Å². The van der Waals surface area contributed by atoms with Crippen molar-refractivity contribution in [2.24, 2.45) is 11.8 Å². The summed E-state index contributed by atoms with van der Waals surface area (Å²) in [5.41, 5.74) is 2.57. The highest BCUT2D eigenvalue weighted by Gasteiger charge is 2.22. The molecule has 1 amide bonds. The van der Waals surface area contributed by atoms with Crippen LogP contribution in [0.2, 0.25) is 0 Å². The van der Waals surface area contributed by atoms with Gasteiger partial charge in [-0.2, -0.15) is 5.10 Å². The predicted molar refractivity (Wildman–Crippen MR) is 101 cm³/mol. The SMILES string of the molecule is Cc1cc(C)n(-c2ccc(NC(=O)CC(C)C3CCCNC3)cc2F)n1. The highest BCUT2D eigenvalue weighted by Crippen LogP contribution is 2.24. The van der Waals surface area contributed by atoms with E-state index < -0.39 is 5.82 Å². The van der Waals surface area contributed by atoms with Gasteiger partial charge in [-0.15, -0.1) is 0 Å². The lowest BCUT2D eigenvalue weighted by atomic mass is 9.85. The van der Waals surface area contributed by atoms with Crippen LogP contribution in [-0.4, -0.2) is 28.8 Å². The minimum absolute atomic E-state index is 0.0682. The quantitative estimate of drug-likeness (QED) is 0.859. The summed E-state index contributed by atoms with van der Waals surface area (Å²) in [6.07, 6.45) is 2.77. The molecule has 1 fully saturated rings. The van der Waals surface area contributed by atoms with Gasteiger partial charge in [0.05, 0.1) is 5.69 Å². The molecule has 0 bridgehead atoms. The Morgan fingerprint density at radius 1 is 1.42 bits per heavy atom. The number of hydrogen-bond donors (Lipinski definition) is 2. The summed E-state index contributed by atoms with van der Waals surface area (Å²) in [4.78, 5) is 12.3. The average molecular weight is 358 g/mol. The Labute approximate surface area is 154 Å². The van der Waals surface area contributed by atoms with Crippen LogP contribution < -0.4 is 10.6 Å². The van der Waals surface area contributed by atoms with E-state index in [0.29, 0.717) is 29.6 Å². The first-order valence-electron chi connectivity index (χ1n) is 9.28. The highest BCUT2D eigenvalue weighted by molar-refractivity contribution is 5.90. The summed E-state index contributed by atoms with van der Waals surface area (Å²) in [6.45, 7) is 7.91. The van der Waals surface area contributed by atoms with Crippen molar-refractivity contribution < 1.29 is 9.18 Å². The van der Waals surface area contributed by atoms with E-state index in [1.165, 1.54) is 6.07 Å². The first-order chi connectivity index (χ1) is 12.4. The number of piperidine rings is 1. The second-order valence-electron chi connectivity index (χ2n) is 7.34. The Bertz CT molecular complexity index is 780. The van der Waals surface area contributed by atoms with Gasteiger partial charge in [0.1, 0.15) is 5.69 Å². The number of hydrogen-bond acceptors (Lipinski definition) is 3. The first-order valence-corrected chi connectivity index (χ1v) is 9.28. The molecule has 26 heavy (non-hydrogen) atoms. The van der Waals surface area contributed by atoms with Crippen LogP contribution in [0.15, 0.2) is 24.3 Å². The Kier molecular flexibility index (Phi) is 5.71. The second-order valence-corrected chi connectivity index (χ2v) is 7.34. The molecular formula is C20H27FN4O. The van der Waals surface area contributed by atoms with E-state index in [-0.39, 0.29) is 5.91 Å². The summed E-state index contributed by atoms with van der Waals surface area (Å²) in [5, 5.41) is 10.5. The van der Waals surface area contributed by atoms with Gasteiger partial charge in [0, 0.05) is 17.8 Å². The monoisotopic (exact) mass is 358 g/mol. The van der Waals surface area contributed by atoms with Gasteiger partial charge in [-0.05, 0) is 75.9 Å². The fraction of sp³-hybridized carbons (Fsp3) is 0.500. The highest BCUT2D eigenvalue weighted by atomic mass is 19.1. The number of benzene rings is 1. The molecule has 0 aliphatic carbocycles. The van der Waals surface area contributed by atoms with Gasteiger partial charge in [-0.25, -0.2) is 9.07 Å². The molecule has 1 saturated heterocycles. The zero-order valence-electron chi connectivity index (χ0n) is 15.7. The molecule has 6 heteroatoms. The first kappa shape index (κ1) is 18.6. The van der Waals surface area contributed by atoms with E-state index >= 15 is 0 Å². The number of carbonyl (C=O) groups excluding carboxylic acids is 1. The van der Waals surface area contributed by atoms with Crippen molar-refractivity contribution in [3.8, 4) is 5.69 Å². The van der Waals surface area contributed by atoms with Crippen molar-refractivity contribution in [3.05, 3.63) is 41.5 Å². The van der Waals surface area contributed by atoms with Crippen LogP contribution in [0.25, 0.3) is 5.69 Å². The number of aryl methyl sites for hydroxylation is 2. The fourth-order valence-corrected chi connectivity index (χ4v) is 3.66. The van der Waals surface area contributed by atoms with E-state index in [4.69, 9.17) is 0 Å². The Morgan fingerprint density at radius 2 is 2.23 bits per heavy atom. The van der Waals surface area contributed by atoms with Crippen molar-refractivity contribution in [2.45, 2.75) is 40.0 Å². The largest absolute Gasteiger partial charge is 0.326 e. The van der Waals surface area contributed by atoms with Crippen molar-refractivity contribution in [2.75, 3.05) is 18.4 Å². The van der Waals surface area contributed by atoms with Gasteiger partial charge in [0.25, 0.3) is 0 Å². The lowest BCUT2D eigenvalue weighted by molar-refractivity contribution is -0.117. The predicted octanol–water partition coefficient (Wildman–Crippen LogP) is 3.59. The van der Waals surface area contributed by atoms with E-state index in [2.05, 4.69) is 22.7 Å². The van der Waals surface area contributed by atoms with Crippen LogP contribution in [0, 0.1) is 31.5 Å². The molecule has 1 aromatic carbocycles. The van der Waals surface area contributed by atoms with Gasteiger partial charge in [0.15, 0.2) is 5.82 Å². The van der Waals surface area contributed by atoms with Crippen molar-refractivity contribution >= 4 is 11.6 Å². The molecule has 1 aromatic heterocycles. The van der Waals surface area contributed by atoms with Crippen molar-refractivity contribution in [1.29, 1.82) is 0 Å².